The van der Waals surface area contributed by atoms with Gasteiger partial charge in [-0.1, -0.05) is 176 Å². The number of rotatable bonds is 7. The molecule has 0 radical (unpaired) electrons. The molecule has 5 nitrogen and oxygen atoms in total. The first-order chi connectivity index (χ1) is 37.4. The van der Waals surface area contributed by atoms with Gasteiger partial charge in [-0.15, -0.1) is 0 Å². The maximum atomic E-state index is 9.28. The minimum absolute atomic E-state index is 0.153. The number of nitrogens with zero attached hydrogens (tertiary/aromatic N) is 5. The molecule has 0 N–H and O–H groups in total. The molecule has 0 fully saturated rings. The standard InChI is InChI=1S/C57H37N5/c1-3-18-38(19-4-1)42-35-43(39-20-5-2-6-21-39)37-44(36-42)46-25-8-7-24-45(46)40-22-17-23-41(34-40)55-58-56(61-51-30-13-9-26-47(51)48-27-10-14-31-52(48)61)60-57(59-55)62-53-32-15-11-28-49(53)50-29-12-16-33-54(50)62/h1-37H/i9D,10D,11D,12D,13D,14D,15D,16D,26D,27D,28D,29D,30D,31D,32D,33D. The van der Waals surface area contributed by atoms with Gasteiger partial charge >= 0.3 is 0 Å². The molecule has 0 unspecified atom stereocenters. The smallest absolute Gasteiger partial charge is 0.240 e. The lowest BCUT2D eigenvalue weighted by Crippen LogP contribution is -2.10. The van der Waals surface area contributed by atoms with Crippen LogP contribution in [-0.2, 0) is 0 Å². The molecule has 3 heterocycles. The van der Waals surface area contributed by atoms with E-state index in [0.717, 1.165) is 48.1 Å². The fourth-order valence-corrected chi connectivity index (χ4v) is 8.11. The van der Waals surface area contributed by atoms with Gasteiger partial charge in [-0.2, -0.15) is 15.0 Å². The molecule has 0 amide bonds. The second kappa shape index (κ2) is 14.7. The predicted molar refractivity (Wildman–Crippen MR) is 256 cm³/mol. The maximum absolute atomic E-state index is 9.28. The molecule has 0 aliphatic heterocycles. The normalized spacial score (nSPS) is 15.2. The third-order valence-corrected chi connectivity index (χ3v) is 10.9. The van der Waals surface area contributed by atoms with E-state index in [1.807, 2.05) is 91.0 Å². The third kappa shape index (κ3) is 5.98. The largest absolute Gasteiger partial charge is 0.278 e. The van der Waals surface area contributed by atoms with Gasteiger partial charge in [0.05, 0.1) is 44.0 Å². The zero-order valence-electron chi connectivity index (χ0n) is 48.4. The first-order valence-electron chi connectivity index (χ1n) is 27.6. The molecule has 62 heavy (non-hydrogen) atoms. The highest BCUT2D eigenvalue weighted by atomic mass is 15.3. The molecule has 12 rings (SSSR count). The summed E-state index contributed by atoms with van der Waals surface area (Å²) in [7, 11) is 0. The Kier molecular flexibility index (Phi) is 5.41. The average molecular weight is 808 g/mol. The molecule has 5 heteroatoms. The number of benzene rings is 9. The minimum Gasteiger partial charge on any atom is -0.278 e. The van der Waals surface area contributed by atoms with Gasteiger partial charge in [0.15, 0.2) is 5.82 Å². The molecule has 0 saturated heterocycles. The summed E-state index contributed by atoms with van der Waals surface area (Å²) in [5.74, 6) is -1.10. The van der Waals surface area contributed by atoms with E-state index in [0.29, 0.717) is 11.1 Å². The van der Waals surface area contributed by atoms with Crippen LogP contribution in [-0.4, -0.2) is 24.1 Å². The Morgan fingerprint density at radius 2 is 0.661 bits per heavy atom. The lowest BCUT2D eigenvalue weighted by Gasteiger charge is -2.15. The van der Waals surface area contributed by atoms with Crippen LogP contribution < -0.4 is 0 Å². The molecular weight excluding hydrogens is 755 g/mol. The van der Waals surface area contributed by atoms with Crippen LogP contribution in [0, 0.1) is 0 Å². The van der Waals surface area contributed by atoms with E-state index in [1.165, 1.54) is 0 Å². The fraction of sp³-hybridized carbons (Fsp3) is 0. The Bertz CT molecular complexity index is 4190. The van der Waals surface area contributed by atoms with Crippen molar-refractivity contribution in [3.63, 3.8) is 0 Å². The molecular formula is C57H37N5. The highest BCUT2D eigenvalue weighted by Crippen LogP contribution is 2.39. The van der Waals surface area contributed by atoms with Gasteiger partial charge in [0.2, 0.25) is 11.9 Å². The van der Waals surface area contributed by atoms with Crippen LogP contribution in [0.1, 0.15) is 21.9 Å². The van der Waals surface area contributed by atoms with Crippen molar-refractivity contribution in [1.29, 1.82) is 0 Å². The lowest BCUT2D eigenvalue weighted by molar-refractivity contribution is 0.893. The molecule has 9 aromatic carbocycles. The highest BCUT2D eigenvalue weighted by Gasteiger charge is 2.21. The number of hydrogen-bond acceptors (Lipinski definition) is 3. The summed E-state index contributed by atoms with van der Waals surface area (Å²) in [5.41, 5.74) is 6.25. The SMILES string of the molecule is [2H]c1c([2H])c([2H])c2c(c1[2H])c1c([2H])c([2H])c([2H])c([2H])c1n2-c1nc(-c2cccc(-c3ccccc3-c3cc(-c4ccccc4)cc(-c4ccccc4)c3)c2)nc(-n2c3c([2H])c([2H])c([2H])c([2H])c3c3c([2H])c([2H])c([2H])c([2H])c32)n1. The van der Waals surface area contributed by atoms with Gasteiger partial charge in [0.25, 0.3) is 0 Å². The van der Waals surface area contributed by atoms with Crippen LogP contribution >= 0.6 is 0 Å². The van der Waals surface area contributed by atoms with E-state index < -0.39 is 109 Å². The maximum Gasteiger partial charge on any atom is 0.240 e. The quantitative estimate of drug-likeness (QED) is 0.161. The molecule has 0 aliphatic carbocycles. The van der Waals surface area contributed by atoms with Crippen molar-refractivity contribution in [2.75, 3.05) is 0 Å². The number of aromatic nitrogens is 5. The summed E-state index contributed by atoms with van der Waals surface area (Å²) in [6, 6.07) is 30.9. The molecule has 0 aliphatic rings. The number of hydrogen-bond donors (Lipinski definition) is 0. The van der Waals surface area contributed by atoms with E-state index in [2.05, 4.69) is 18.2 Å². The fourth-order valence-electron chi connectivity index (χ4n) is 8.11. The lowest BCUT2D eigenvalue weighted by atomic mass is 9.89. The van der Waals surface area contributed by atoms with Crippen molar-refractivity contribution in [3.05, 3.63) is 224 Å². The van der Waals surface area contributed by atoms with Crippen molar-refractivity contribution in [2.45, 2.75) is 0 Å². The average Bonchev–Trinajstić information content (AvgIpc) is 3.93. The molecule has 0 bridgehead atoms. The van der Waals surface area contributed by atoms with Crippen LogP contribution in [0.5, 0.6) is 0 Å². The van der Waals surface area contributed by atoms with Crippen LogP contribution in [0.3, 0.4) is 0 Å². The Morgan fingerprint density at radius 1 is 0.306 bits per heavy atom. The molecule has 290 valence electrons. The van der Waals surface area contributed by atoms with Gasteiger partial charge in [-0.05, 0) is 92.9 Å². The van der Waals surface area contributed by atoms with Crippen molar-refractivity contribution in [2.24, 2.45) is 0 Å². The zero-order valence-corrected chi connectivity index (χ0v) is 32.4. The highest BCUT2D eigenvalue weighted by molar-refractivity contribution is 6.10. The summed E-state index contributed by atoms with van der Waals surface area (Å²) < 4.78 is 145. The van der Waals surface area contributed by atoms with Gasteiger partial charge in [-0.25, -0.2) is 0 Å². The molecule has 0 spiro atoms. The van der Waals surface area contributed by atoms with Crippen molar-refractivity contribution in [1.82, 2.24) is 24.1 Å². The van der Waals surface area contributed by atoms with Crippen LogP contribution in [0.4, 0.5) is 0 Å². The van der Waals surface area contributed by atoms with Gasteiger partial charge in [0.1, 0.15) is 0 Å². The van der Waals surface area contributed by atoms with E-state index >= 15 is 0 Å². The summed E-state index contributed by atoms with van der Waals surface area (Å²) in [5, 5.41) is -1.07. The van der Waals surface area contributed by atoms with E-state index in [9.17, 15) is 5.48 Å². The zero-order chi connectivity index (χ0) is 54.9. The Morgan fingerprint density at radius 3 is 1.13 bits per heavy atom. The Labute approximate surface area is 381 Å². The molecule has 0 atom stereocenters. The summed E-state index contributed by atoms with van der Waals surface area (Å²) >= 11 is 0. The first kappa shape index (κ1) is 22.8. The van der Waals surface area contributed by atoms with Gasteiger partial charge in [0, 0.05) is 27.1 Å². The summed E-state index contributed by atoms with van der Waals surface area (Å²) in [4.78, 5) is 14.7. The van der Waals surface area contributed by atoms with Crippen LogP contribution in [0.2, 0.25) is 0 Å². The first-order valence-corrected chi connectivity index (χ1v) is 19.6. The van der Waals surface area contributed by atoms with Gasteiger partial charge < -0.3 is 0 Å². The number of para-hydroxylation sites is 4. The third-order valence-electron chi connectivity index (χ3n) is 10.9. The molecule has 3 aromatic heterocycles. The van der Waals surface area contributed by atoms with Crippen molar-refractivity contribution < 1.29 is 21.9 Å². The van der Waals surface area contributed by atoms with E-state index in [1.54, 1.807) is 18.2 Å². The summed E-state index contributed by atoms with van der Waals surface area (Å²) in [6.45, 7) is 0. The van der Waals surface area contributed by atoms with Crippen molar-refractivity contribution >= 4 is 43.6 Å². The second-order valence-corrected chi connectivity index (χ2v) is 14.5. The predicted octanol–water partition coefficient (Wildman–Crippen LogP) is 14.4. The summed E-state index contributed by atoms with van der Waals surface area (Å²) in [6.07, 6.45) is 0. The minimum atomic E-state index is -0.702. The van der Waals surface area contributed by atoms with Crippen LogP contribution in [0.25, 0.3) is 111 Å². The van der Waals surface area contributed by atoms with E-state index in [-0.39, 0.29) is 49.4 Å². The van der Waals surface area contributed by atoms with E-state index in [4.69, 9.17) is 31.4 Å². The molecule has 12 aromatic rings. The monoisotopic (exact) mass is 807 g/mol. The van der Waals surface area contributed by atoms with Crippen LogP contribution in [0.15, 0.2) is 224 Å². The molecule has 0 saturated carbocycles. The Hall–Kier alpha value is -8.41. The second-order valence-electron chi connectivity index (χ2n) is 14.5. The van der Waals surface area contributed by atoms with Crippen molar-refractivity contribution in [3.8, 4) is 67.8 Å². The topological polar surface area (TPSA) is 48.5 Å². The van der Waals surface area contributed by atoms with Gasteiger partial charge in [-0.3, -0.25) is 9.13 Å². The number of fused-ring (bicyclic) bond motifs is 6. The Balaban J connectivity index is 1.19.